The molecule has 0 saturated heterocycles. The minimum absolute atomic E-state index is 0.102. The van der Waals surface area contributed by atoms with Crippen molar-refractivity contribution in [3.63, 3.8) is 0 Å². The summed E-state index contributed by atoms with van der Waals surface area (Å²) < 4.78 is 33.1. The smallest absolute Gasteiger partial charge is 0.462 e. The molecule has 1 rings (SSSR count). The summed E-state index contributed by atoms with van der Waals surface area (Å²) in [6.07, 6.45) is 6.44. The summed E-state index contributed by atoms with van der Waals surface area (Å²) in [5.74, 6) is -1.10. The van der Waals surface area contributed by atoms with Crippen LogP contribution in [0, 0.1) is 0 Å². The van der Waals surface area contributed by atoms with Crippen molar-refractivity contribution in [2.45, 2.75) is 185 Å². The first kappa shape index (κ1) is 43.9. The molecule has 1 aliphatic carbocycles. The van der Waals surface area contributed by atoms with Crippen LogP contribution in [0.4, 0.5) is 0 Å². The van der Waals surface area contributed by atoms with Crippen LogP contribution in [0.15, 0.2) is 0 Å². The van der Waals surface area contributed by atoms with Crippen molar-refractivity contribution in [3.8, 4) is 0 Å². The molecule has 0 bridgehead atoms. The highest BCUT2D eigenvalue weighted by Gasteiger charge is 2.51. The Morgan fingerprint density at radius 3 is 1.40 bits per heavy atom. The van der Waals surface area contributed by atoms with E-state index in [1.165, 1.54) is 57.8 Å². The third-order valence-corrected chi connectivity index (χ3v) is 9.43. The lowest BCUT2D eigenvalue weighted by Gasteiger charge is -2.41. The van der Waals surface area contributed by atoms with Crippen LogP contribution in [0.3, 0.4) is 0 Å². The summed E-state index contributed by atoms with van der Waals surface area (Å²) in [4.78, 5) is 35.2. The Bertz CT molecular complexity index is 859. The number of carbonyl (C=O) groups excluding carboxylic acids is 2. The maximum Gasteiger partial charge on any atom is 0.472 e. The summed E-state index contributed by atoms with van der Waals surface area (Å²) in [6.45, 7) is 3.19. The van der Waals surface area contributed by atoms with E-state index in [1.807, 2.05) is 0 Å². The molecule has 6 unspecified atom stereocenters. The number of phosphoric acid groups is 1. The van der Waals surface area contributed by atoms with Gasteiger partial charge in [-0.2, -0.15) is 0 Å². The Hall–Kier alpha value is -1.15. The van der Waals surface area contributed by atoms with E-state index < -0.39 is 75.7 Å². The molecule has 6 atom stereocenters. The van der Waals surface area contributed by atoms with Crippen LogP contribution in [-0.2, 0) is 32.7 Å². The first-order valence-electron chi connectivity index (χ1n) is 17.8. The number of hydrogen-bond acceptors (Lipinski definition) is 12. The Morgan fingerprint density at radius 1 is 0.574 bits per heavy atom. The highest BCUT2D eigenvalue weighted by molar-refractivity contribution is 7.47. The van der Waals surface area contributed by atoms with E-state index in [-0.39, 0.29) is 12.8 Å². The van der Waals surface area contributed by atoms with Crippen molar-refractivity contribution in [2.24, 2.45) is 0 Å². The second-order valence-electron chi connectivity index (χ2n) is 12.7. The molecule has 0 spiro atoms. The molecule has 0 aromatic heterocycles. The number of ether oxygens (including phenoxy) is 2. The number of phosphoric ester groups is 1. The average molecular weight is 699 g/mol. The van der Waals surface area contributed by atoms with Gasteiger partial charge < -0.3 is 39.9 Å². The molecule has 0 aliphatic heterocycles. The fourth-order valence-corrected chi connectivity index (χ4v) is 6.43. The van der Waals surface area contributed by atoms with Gasteiger partial charge in [0, 0.05) is 12.8 Å². The summed E-state index contributed by atoms with van der Waals surface area (Å²) in [5, 5.41) is 49.7. The second kappa shape index (κ2) is 25.8. The van der Waals surface area contributed by atoms with Crippen molar-refractivity contribution < 1.29 is 63.1 Å². The van der Waals surface area contributed by atoms with Crippen LogP contribution < -0.4 is 0 Å². The Kier molecular flexibility index (Phi) is 24.1. The minimum Gasteiger partial charge on any atom is -0.462 e. The molecular formula is C33H63O13P. The van der Waals surface area contributed by atoms with Crippen LogP contribution in [0.2, 0.25) is 0 Å². The molecule has 0 heterocycles. The number of aliphatic hydroxyl groups is 5. The van der Waals surface area contributed by atoms with E-state index in [2.05, 4.69) is 13.8 Å². The predicted molar refractivity (Wildman–Crippen MR) is 175 cm³/mol. The van der Waals surface area contributed by atoms with E-state index in [1.54, 1.807) is 0 Å². The molecule has 6 N–H and O–H groups in total. The molecule has 1 fully saturated rings. The van der Waals surface area contributed by atoms with E-state index in [9.17, 15) is 44.6 Å². The fraction of sp³-hybridized carbons (Fsp3) is 0.939. The molecule has 0 amide bonds. The van der Waals surface area contributed by atoms with E-state index in [0.29, 0.717) is 12.8 Å². The van der Waals surface area contributed by atoms with Gasteiger partial charge >= 0.3 is 19.8 Å². The van der Waals surface area contributed by atoms with Crippen molar-refractivity contribution >= 4 is 19.8 Å². The molecule has 47 heavy (non-hydrogen) atoms. The maximum atomic E-state index is 12.7. The molecule has 14 heteroatoms. The second-order valence-corrected chi connectivity index (χ2v) is 14.1. The van der Waals surface area contributed by atoms with Crippen LogP contribution in [0.5, 0.6) is 0 Å². The summed E-state index contributed by atoms with van der Waals surface area (Å²) >= 11 is 0. The summed E-state index contributed by atoms with van der Waals surface area (Å²) in [6, 6.07) is 0. The lowest BCUT2D eigenvalue weighted by molar-refractivity contribution is -0.220. The Labute approximate surface area is 281 Å². The normalized spacial score (nSPS) is 24.9. The number of hydrogen-bond donors (Lipinski definition) is 6. The SMILES string of the molecule is CCCCCCCCCCCCC(=O)OC(COC(=O)CCCCCCCCCC)COP(=O)(O)OC1C(O)C(O)C(O)C(O)C1O. The highest BCUT2D eigenvalue weighted by Crippen LogP contribution is 2.47. The molecule has 13 nitrogen and oxygen atoms in total. The van der Waals surface area contributed by atoms with Gasteiger partial charge in [0.25, 0.3) is 0 Å². The summed E-state index contributed by atoms with van der Waals surface area (Å²) in [7, 11) is -5.09. The number of unbranched alkanes of at least 4 members (excludes halogenated alkanes) is 16. The van der Waals surface area contributed by atoms with Gasteiger partial charge in [0.1, 0.15) is 43.2 Å². The van der Waals surface area contributed by atoms with Crippen molar-refractivity contribution in [3.05, 3.63) is 0 Å². The van der Waals surface area contributed by atoms with Gasteiger partial charge in [-0.05, 0) is 12.8 Å². The third kappa shape index (κ3) is 19.6. The van der Waals surface area contributed by atoms with E-state index in [4.69, 9.17) is 18.5 Å². The van der Waals surface area contributed by atoms with Gasteiger partial charge in [0.2, 0.25) is 0 Å². The third-order valence-electron chi connectivity index (χ3n) is 8.45. The fourth-order valence-electron chi connectivity index (χ4n) is 5.46. The van der Waals surface area contributed by atoms with Crippen LogP contribution in [-0.4, -0.2) is 98.3 Å². The average Bonchev–Trinajstić information content (AvgIpc) is 3.04. The lowest BCUT2D eigenvalue weighted by atomic mass is 9.85. The molecule has 0 radical (unpaired) electrons. The van der Waals surface area contributed by atoms with Crippen LogP contribution in [0.1, 0.15) is 142 Å². The number of aliphatic hydroxyl groups excluding tert-OH is 5. The zero-order valence-electron chi connectivity index (χ0n) is 28.6. The van der Waals surface area contributed by atoms with Gasteiger partial charge in [-0.15, -0.1) is 0 Å². The lowest BCUT2D eigenvalue weighted by Crippen LogP contribution is -2.64. The first-order chi connectivity index (χ1) is 22.4. The Morgan fingerprint density at radius 2 is 0.957 bits per heavy atom. The molecular weight excluding hydrogens is 635 g/mol. The maximum absolute atomic E-state index is 12.7. The number of esters is 2. The van der Waals surface area contributed by atoms with E-state index >= 15 is 0 Å². The molecule has 0 aromatic rings. The standard InChI is InChI=1S/C33H63O13P/c1-3-5-7-9-11-13-14-16-18-20-22-27(35)45-25(23-43-26(34)21-19-17-15-12-10-8-6-4-2)24-44-47(41,42)46-33-31(39)29(37)28(36)30(38)32(33)40/h25,28-33,36-40H,3-24H2,1-2H3,(H,41,42). The zero-order valence-corrected chi connectivity index (χ0v) is 29.5. The molecule has 278 valence electrons. The van der Waals surface area contributed by atoms with Gasteiger partial charge in [-0.25, -0.2) is 4.57 Å². The summed E-state index contributed by atoms with van der Waals surface area (Å²) in [5.41, 5.74) is 0. The largest absolute Gasteiger partial charge is 0.472 e. The number of rotatable bonds is 28. The number of carbonyl (C=O) groups is 2. The zero-order chi connectivity index (χ0) is 35.1. The van der Waals surface area contributed by atoms with Gasteiger partial charge in [0.05, 0.1) is 6.61 Å². The highest BCUT2D eigenvalue weighted by atomic mass is 31.2. The van der Waals surface area contributed by atoms with Gasteiger partial charge in [-0.3, -0.25) is 18.6 Å². The monoisotopic (exact) mass is 698 g/mol. The van der Waals surface area contributed by atoms with Crippen LogP contribution in [0.25, 0.3) is 0 Å². The topological polar surface area (TPSA) is 210 Å². The van der Waals surface area contributed by atoms with Crippen molar-refractivity contribution in [1.82, 2.24) is 0 Å². The van der Waals surface area contributed by atoms with E-state index in [0.717, 1.165) is 44.9 Å². The van der Waals surface area contributed by atoms with Gasteiger partial charge in [-0.1, -0.05) is 117 Å². The van der Waals surface area contributed by atoms with Gasteiger partial charge in [0.15, 0.2) is 6.10 Å². The van der Waals surface area contributed by atoms with Crippen molar-refractivity contribution in [1.29, 1.82) is 0 Å². The van der Waals surface area contributed by atoms with Crippen LogP contribution >= 0.6 is 7.82 Å². The molecule has 1 aliphatic rings. The quantitative estimate of drug-likeness (QED) is 0.0375. The molecule has 1 saturated carbocycles. The van der Waals surface area contributed by atoms with Crippen molar-refractivity contribution in [2.75, 3.05) is 13.2 Å². The first-order valence-corrected chi connectivity index (χ1v) is 19.3. The molecule has 0 aromatic carbocycles. The Balaban J connectivity index is 2.59. The predicted octanol–water partition coefficient (Wildman–Crippen LogP) is 4.60. The minimum atomic E-state index is -5.09.